The lowest BCUT2D eigenvalue weighted by Crippen LogP contribution is -2.41. The summed E-state index contributed by atoms with van der Waals surface area (Å²) in [6, 6.07) is 15.0. The van der Waals surface area contributed by atoms with Crippen molar-refractivity contribution in [2.45, 2.75) is 13.0 Å². The Morgan fingerprint density at radius 1 is 1.00 bits per heavy atom. The summed E-state index contributed by atoms with van der Waals surface area (Å²) in [5, 5.41) is 4.38. The minimum absolute atomic E-state index is 0.360. The van der Waals surface area contributed by atoms with Gasteiger partial charge in [0.25, 0.3) is 5.91 Å². The van der Waals surface area contributed by atoms with Gasteiger partial charge in [-0.05, 0) is 18.6 Å². The lowest BCUT2D eigenvalue weighted by atomic mass is 10.1. The standard InChI is InChI=1S/C19H20N2O5/c1-13-8-6-7-11-15(13)25-12-16(22)26-17(14-9-4-3-5-10-14)18(23)21-19(24)20-2/h3-11,17H,12H2,1-2H3,(H2,20,21,23,24)/t17-/m0/s1. The molecule has 7 heteroatoms. The van der Waals surface area contributed by atoms with Crippen LogP contribution < -0.4 is 15.4 Å². The van der Waals surface area contributed by atoms with E-state index in [1.807, 2.05) is 19.1 Å². The number of para-hydroxylation sites is 1. The van der Waals surface area contributed by atoms with Crippen LogP contribution >= 0.6 is 0 Å². The second kappa shape index (κ2) is 9.22. The van der Waals surface area contributed by atoms with Crippen LogP contribution in [0.3, 0.4) is 0 Å². The maximum Gasteiger partial charge on any atom is 0.345 e. The van der Waals surface area contributed by atoms with Gasteiger partial charge in [0, 0.05) is 12.6 Å². The smallest absolute Gasteiger partial charge is 0.345 e. The average Bonchev–Trinajstić information content (AvgIpc) is 2.66. The van der Waals surface area contributed by atoms with Gasteiger partial charge in [-0.15, -0.1) is 0 Å². The quantitative estimate of drug-likeness (QED) is 0.773. The molecule has 0 spiro atoms. The van der Waals surface area contributed by atoms with Gasteiger partial charge in [-0.2, -0.15) is 0 Å². The molecule has 0 aliphatic rings. The van der Waals surface area contributed by atoms with Crippen molar-refractivity contribution in [1.29, 1.82) is 0 Å². The number of urea groups is 1. The summed E-state index contributed by atoms with van der Waals surface area (Å²) in [6.45, 7) is 1.49. The first-order valence-corrected chi connectivity index (χ1v) is 7.96. The van der Waals surface area contributed by atoms with Gasteiger partial charge in [-0.25, -0.2) is 9.59 Å². The van der Waals surface area contributed by atoms with Gasteiger partial charge >= 0.3 is 12.0 Å². The number of hydrogen-bond donors (Lipinski definition) is 2. The van der Waals surface area contributed by atoms with Gasteiger partial charge in [0.15, 0.2) is 6.61 Å². The Morgan fingerprint density at radius 2 is 1.65 bits per heavy atom. The molecule has 2 aromatic rings. The summed E-state index contributed by atoms with van der Waals surface area (Å²) in [5.74, 6) is -0.926. The van der Waals surface area contributed by atoms with Gasteiger partial charge in [-0.1, -0.05) is 48.5 Å². The van der Waals surface area contributed by atoms with Crippen LogP contribution in [-0.4, -0.2) is 31.6 Å². The number of carbonyl (C=O) groups excluding carboxylic acids is 3. The molecule has 3 amide bonds. The molecule has 1 atom stereocenters. The van der Waals surface area contributed by atoms with Crippen molar-refractivity contribution in [3.63, 3.8) is 0 Å². The lowest BCUT2D eigenvalue weighted by molar-refractivity contribution is -0.158. The SMILES string of the molecule is CNC(=O)NC(=O)[C@@H](OC(=O)COc1ccccc1C)c1ccccc1. The molecule has 0 aliphatic carbocycles. The minimum Gasteiger partial charge on any atom is -0.482 e. The van der Waals surface area contributed by atoms with Crippen molar-refractivity contribution in [3.05, 3.63) is 65.7 Å². The van der Waals surface area contributed by atoms with Crippen LogP contribution in [0.5, 0.6) is 5.75 Å². The van der Waals surface area contributed by atoms with Crippen LogP contribution in [0.2, 0.25) is 0 Å². The van der Waals surface area contributed by atoms with Gasteiger partial charge in [-0.3, -0.25) is 10.1 Å². The fourth-order valence-electron chi connectivity index (χ4n) is 2.16. The van der Waals surface area contributed by atoms with Gasteiger partial charge in [0.05, 0.1) is 0 Å². The van der Waals surface area contributed by atoms with Crippen molar-refractivity contribution in [2.75, 3.05) is 13.7 Å². The number of hydrogen-bond acceptors (Lipinski definition) is 5. The maximum atomic E-state index is 12.3. The Bertz CT molecular complexity index is 777. The van der Waals surface area contributed by atoms with E-state index >= 15 is 0 Å². The Balaban J connectivity index is 2.06. The van der Waals surface area contributed by atoms with Crippen molar-refractivity contribution >= 4 is 17.9 Å². The van der Waals surface area contributed by atoms with E-state index in [1.165, 1.54) is 7.05 Å². The van der Waals surface area contributed by atoms with Crippen molar-refractivity contribution in [2.24, 2.45) is 0 Å². The van der Waals surface area contributed by atoms with E-state index < -0.39 is 24.0 Å². The lowest BCUT2D eigenvalue weighted by Gasteiger charge is -2.18. The number of benzene rings is 2. The zero-order chi connectivity index (χ0) is 18.9. The third-order valence-corrected chi connectivity index (χ3v) is 3.49. The van der Waals surface area contributed by atoms with Crippen molar-refractivity contribution in [1.82, 2.24) is 10.6 Å². The Kier molecular flexibility index (Phi) is 6.73. The largest absolute Gasteiger partial charge is 0.482 e. The third-order valence-electron chi connectivity index (χ3n) is 3.49. The van der Waals surface area contributed by atoms with Crippen LogP contribution in [0.4, 0.5) is 4.79 Å². The summed E-state index contributed by atoms with van der Waals surface area (Å²) in [7, 11) is 1.38. The van der Waals surface area contributed by atoms with Crippen LogP contribution in [0.1, 0.15) is 17.2 Å². The zero-order valence-corrected chi connectivity index (χ0v) is 14.5. The molecule has 2 aromatic carbocycles. The summed E-state index contributed by atoms with van der Waals surface area (Å²) in [5.41, 5.74) is 1.32. The van der Waals surface area contributed by atoms with Gasteiger partial charge in [0.2, 0.25) is 6.10 Å². The zero-order valence-electron chi connectivity index (χ0n) is 14.5. The first-order valence-electron chi connectivity index (χ1n) is 7.96. The van der Waals surface area contributed by atoms with E-state index in [4.69, 9.17) is 9.47 Å². The number of amides is 3. The number of rotatable bonds is 6. The molecule has 7 nitrogen and oxygen atoms in total. The van der Waals surface area contributed by atoms with E-state index in [1.54, 1.807) is 42.5 Å². The predicted molar refractivity (Wildman–Crippen MR) is 94.5 cm³/mol. The van der Waals surface area contributed by atoms with E-state index in [0.717, 1.165) is 5.56 Å². The van der Waals surface area contributed by atoms with Crippen LogP contribution in [0.15, 0.2) is 54.6 Å². The molecule has 2 N–H and O–H groups in total. The van der Waals surface area contributed by atoms with Crippen molar-refractivity contribution < 1.29 is 23.9 Å². The van der Waals surface area contributed by atoms with Crippen LogP contribution in [0, 0.1) is 6.92 Å². The average molecular weight is 356 g/mol. The van der Waals surface area contributed by atoms with E-state index in [9.17, 15) is 14.4 Å². The number of esters is 1. The minimum atomic E-state index is -1.26. The fourth-order valence-corrected chi connectivity index (χ4v) is 2.16. The van der Waals surface area contributed by atoms with Gasteiger partial charge in [0.1, 0.15) is 5.75 Å². The molecule has 2 rings (SSSR count). The molecular weight excluding hydrogens is 336 g/mol. The first-order chi connectivity index (χ1) is 12.5. The Labute approximate surface area is 151 Å². The Hall–Kier alpha value is -3.35. The molecule has 0 unspecified atom stereocenters. The molecule has 0 radical (unpaired) electrons. The molecular formula is C19H20N2O5. The fraction of sp³-hybridized carbons (Fsp3) is 0.211. The molecule has 0 aliphatic heterocycles. The number of aryl methyl sites for hydroxylation is 1. The highest BCUT2D eigenvalue weighted by Crippen LogP contribution is 2.19. The second-order valence-electron chi connectivity index (χ2n) is 5.40. The first kappa shape index (κ1) is 19.0. The number of imide groups is 1. The van der Waals surface area contributed by atoms with E-state index in [-0.39, 0.29) is 6.61 Å². The van der Waals surface area contributed by atoms with Crippen LogP contribution in [-0.2, 0) is 14.3 Å². The summed E-state index contributed by atoms with van der Waals surface area (Å²) >= 11 is 0. The summed E-state index contributed by atoms with van der Waals surface area (Å²) in [4.78, 5) is 35.8. The summed E-state index contributed by atoms with van der Waals surface area (Å²) in [6.07, 6.45) is -1.26. The predicted octanol–water partition coefficient (Wildman–Crippen LogP) is 2.11. The third kappa shape index (κ3) is 5.34. The molecule has 0 saturated heterocycles. The highest BCUT2D eigenvalue weighted by molar-refractivity contribution is 5.97. The molecule has 0 saturated carbocycles. The molecule has 0 bridgehead atoms. The normalized spacial score (nSPS) is 11.2. The van der Waals surface area contributed by atoms with Crippen molar-refractivity contribution in [3.8, 4) is 5.75 Å². The van der Waals surface area contributed by atoms with Gasteiger partial charge < -0.3 is 14.8 Å². The number of ether oxygens (including phenoxy) is 2. The number of carbonyl (C=O) groups is 3. The monoisotopic (exact) mass is 356 g/mol. The second-order valence-corrected chi connectivity index (χ2v) is 5.40. The topological polar surface area (TPSA) is 93.7 Å². The summed E-state index contributed by atoms with van der Waals surface area (Å²) < 4.78 is 10.7. The van der Waals surface area contributed by atoms with Crippen LogP contribution in [0.25, 0.3) is 0 Å². The maximum absolute atomic E-state index is 12.3. The highest BCUT2D eigenvalue weighted by Gasteiger charge is 2.26. The molecule has 0 aromatic heterocycles. The van der Waals surface area contributed by atoms with E-state index in [2.05, 4.69) is 10.6 Å². The highest BCUT2D eigenvalue weighted by atomic mass is 16.6. The van der Waals surface area contributed by atoms with E-state index in [0.29, 0.717) is 11.3 Å². The molecule has 136 valence electrons. The Morgan fingerprint density at radius 3 is 2.31 bits per heavy atom. The molecule has 0 fully saturated rings. The molecule has 0 heterocycles. The number of nitrogens with one attached hydrogen (secondary N) is 2. The molecule has 26 heavy (non-hydrogen) atoms.